The lowest BCUT2D eigenvalue weighted by Crippen LogP contribution is -2.39. The number of aromatic nitrogens is 1. The fourth-order valence-corrected chi connectivity index (χ4v) is 4.19. The van der Waals surface area contributed by atoms with Gasteiger partial charge in [-0.3, -0.25) is 4.79 Å². The Kier molecular flexibility index (Phi) is 8.57. The second-order valence-corrected chi connectivity index (χ2v) is 9.11. The van der Waals surface area contributed by atoms with E-state index in [4.69, 9.17) is 14.2 Å². The highest BCUT2D eigenvalue weighted by Gasteiger charge is 2.19. The summed E-state index contributed by atoms with van der Waals surface area (Å²) in [5, 5.41) is 14.1. The summed E-state index contributed by atoms with van der Waals surface area (Å²) in [7, 11) is 3.16. The molecule has 0 aliphatic rings. The molecule has 7 nitrogen and oxygen atoms in total. The first-order valence-corrected chi connectivity index (χ1v) is 12.4. The highest BCUT2D eigenvalue weighted by atomic mass is 16.5. The molecule has 3 N–H and O–H groups in total. The van der Waals surface area contributed by atoms with Gasteiger partial charge >= 0.3 is 0 Å². The highest BCUT2D eigenvalue weighted by Crippen LogP contribution is 2.27. The molecule has 4 rings (SSSR count). The summed E-state index contributed by atoms with van der Waals surface area (Å²) in [5.74, 6) is 7.55. The van der Waals surface area contributed by atoms with E-state index in [9.17, 15) is 9.90 Å². The van der Waals surface area contributed by atoms with Gasteiger partial charge in [0.25, 0.3) is 5.91 Å². The van der Waals surface area contributed by atoms with E-state index in [0.29, 0.717) is 34.8 Å². The standard InChI is InChI=1S/C31H32N2O5/c1-20(2)38-28-13-11-21(9-10-22-12-14-29(36-3)30(16-22)37-4)15-26(28)31(35)33-24(19-34)17-23-18-32-27-8-6-5-7-25(23)27/h5-8,11-16,18,20,24,32,34H,17,19H2,1-4H3,(H,33,35)/t24-/m1/s1. The fraction of sp³-hybridized carbons (Fsp3) is 0.258. The molecule has 1 amide bonds. The number of H-pyrrole nitrogens is 1. The van der Waals surface area contributed by atoms with Crippen molar-refractivity contribution in [2.45, 2.75) is 32.4 Å². The summed E-state index contributed by atoms with van der Waals surface area (Å²) in [6.07, 6.45) is 2.27. The fourth-order valence-electron chi connectivity index (χ4n) is 4.19. The molecule has 38 heavy (non-hydrogen) atoms. The van der Waals surface area contributed by atoms with E-state index in [1.54, 1.807) is 38.5 Å². The second kappa shape index (κ2) is 12.2. The molecule has 1 atom stereocenters. The SMILES string of the molecule is COc1ccc(C#Cc2ccc(OC(C)C)c(C(=O)N[C@@H](CO)Cc3c[nH]c4ccccc34)c2)cc1OC. The van der Waals surface area contributed by atoms with Crippen molar-refractivity contribution in [2.24, 2.45) is 0 Å². The zero-order valence-corrected chi connectivity index (χ0v) is 22.0. The number of amides is 1. The van der Waals surface area contributed by atoms with Crippen LogP contribution in [0.5, 0.6) is 17.2 Å². The van der Waals surface area contributed by atoms with Crippen LogP contribution in [0.1, 0.15) is 40.9 Å². The molecule has 3 aromatic carbocycles. The molecule has 0 fully saturated rings. The number of aliphatic hydroxyl groups is 1. The molecule has 0 aliphatic heterocycles. The van der Waals surface area contributed by atoms with Gasteiger partial charge in [0, 0.05) is 28.2 Å². The average molecular weight is 513 g/mol. The second-order valence-electron chi connectivity index (χ2n) is 9.11. The third-order valence-corrected chi connectivity index (χ3v) is 6.02. The summed E-state index contributed by atoms with van der Waals surface area (Å²) in [4.78, 5) is 16.6. The maximum atomic E-state index is 13.4. The Morgan fingerprint density at radius 3 is 2.32 bits per heavy atom. The van der Waals surface area contributed by atoms with E-state index in [1.165, 1.54) is 0 Å². The van der Waals surface area contributed by atoms with E-state index < -0.39 is 6.04 Å². The first kappa shape index (κ1) is 26.6. The van der Waals surface area contributed by atoms with Crippen LogP contribution in [-0.2, 0) is 6.42 Å². The number of aromatic amines is 1. The van der Waals surface area contributed by atoms with Crippen molar-refractivity contribution in [1.29, 1.82) is 0 Å². The predicted octanol–water partition coefficient (Wildman–Crippen LogP) is 4.71. The molecule has 1 heterocycles. The third-order valence-electron chi connectivity index (χ3n) is 6.02. The smallest absolute Gasteiger partial charge is 0.255 e. The number of hydrogen-bond donors (Lipinski definition) is 3. The van der Waals surface area contributed by atoms with Gasteiger partial charge < -0.3 is 29.6 Å². The molecule has 7 heteroatoms. The molecule has 4 aromatic rings. The predicted molar refractivity (Wildman–Crippen MR) is 148 cm³/mol. The Bertz CT molecular complexity index is 1480. The molecule has 0 aliphatic carbocycles. The van der Waals surface area contributed by atoms with Crippen molar-refractivity contribution < 1.29 is 24.1 Å². The number of carbonyl (C=O) groups excluding carboxylic acids is 1. The van der Waals surface area contributed by atoms with Gasteiger partial charge in [0.2, 0.25) is 0 Å². The van der Waals surface area contributed by atoms with Crippen LogP contribution >= 0.6 is 0 Å². The minimum Gasteiger partial charge on any atom is -0.493 e. The van der Waals surface area contributed by atoms with Gasteiger partial charge in [-0.15, -0.1) is 0 Å². The van der Waals surface area contributed by atoms with Crippen LogP contribution in [0.2, 0.25) is 0 Å². The molecular weight excluding hydrogens is 480 g/mol. The quantitative estimate of drug-likeness (QED) is 0.283. The summed E-state index contributed by atoms with van der Waals surface area (Å²) in [6.45, 7) is 3.60. The monoisotopic (exact) mass is 512 g/mol. The Morgan fingerprint density at radius 2 is 1.63 bits per heavy atom. The number of hydrogen-bond acceptors (Lipinski definition) is 5. The topological polar surface area (TPSA) is 92.8 Å². The highest BCUT2D eigenvalue weighted by molar-refractivity contribution is 5.97. The minimum atomic E-state index is -0.477. The maximum Gasteiger partial charge on any atom is 0.255 e. The van der Waals surface area contributed by atoms with Crippen LogP contribution in [-0.4, -0.2) is 49.0 Å². The number of aliphatic hydroxyl groups excluding tert-OH is 1. The Balaban J connectivity index is 1.58. The summed E-state index contributed by atoms with van der Waals surface area (Å²) < 4.78 is 16.6. The summed E-state index contributed by atoms with van der Waals surface area (Å²) in [6, 6.07) is 18.2. The molecule has 0 spiro atoms. The molecular formula is C31H32N2O5. The zero-order chi connectivity index (χ0) is 27.1. The van der Waals surface area contributed by atoms with Crippen LogP contribution in [0, 0.1) is 11.8 Å². The zero-order valence-electron chi connectivity index (χ0n) is 22.0. The van der Waals surface area contributed by atoms with Gasteiger partial charge in [0.1, 0.15) is 5.75 Å². The minimum absolute atomic E-state index is 0.120. The van der Waals surface area contributed by atoms with Crippen LogP contribution in [0.15, 0.2) is 66.9 Å². The van der Waals surface area contributed by atoms with E-state index in [0.717, 1.165) is 22.0 Å². The van der Waals surface area contributed by atoms with Gasteiger partial charge in [-0.05, 0) is 68.3 Å². The molecule has 0 radical (unpaired) electrons. The number of ether oxygens (including phenoxy) is 3. The number of fused-ring (bicyclic) bond motifs is 1. The molecule has 0 saturated carbocycles. The average Bonchev–Trinajstić information content (AvgIpc) is 3.34. The van der Waals surface area contributed by atoms with Crippen molar-refractivity contribution in [2.75, 3.05) is 20.8 Å². The van der Waals surface area contributed by atoms with Crippen LogP contribution in [0.4, 0.5) is 0 Å². The summed E-state index contributed by atoms with van der Waals surface area (Å²) in [5.41, 5.74) is 3.79. The van der Waals surface area contributed by atoms with E-state index >= 15 is 0 Å². The Hall–Kier alpha value is -4.41. The van der Waals surface area contributed by atoms with Crippen LogP contribution < -0.4 is 19.5 Å². The van der Waals surface area contributed by atoms with Crippen molar-refractivity contribution in [3.05, 3.63) is 89.1 Å². The lowest BCUT2D eigenvalue weighted by Gasteiger charge is -2.19. The van der Waals surface area contributed by atoms with Crippen LogP contribution in [0.25, 0.3) is 10.9 Å². The van der Waals surface area contributed by atoms with Gasteiger partial charge in [0.05, 0.1) is 38.5 Å². The Morgan fingerprint density at radius 1 is 0.947 bits per heavy atom. The maximum absolute atomic E-state index is 13.4. The normalized spacial score (nSPS) is 11.5. The first-order valence-electron chi connectivity index (χ1n) is 12.4. The van der Waals surface area contributed by atoms with Gasteiger partial charge in [-0.2, -0.15) is 0 Å². The summed E-state index contributed by atoms with van der Waals surface area (Å²) >= 11 is 0. The van der Waals surface area contributed by atoms with E-state index in [2.05, 4.69) is 22.1 Å². The van der Waals surface area contributed by atoms with Crippen molar-refractivity contribution in [1.82, 2.24) is 10.3 Å². The molecule has 0 bridgehead atoms. The van der Waals surface area contributed by atoms with E-state index in [-0.39, 0.29) is 18.6 Å². The van der Waals surface area contributed by atoms with E-state index in [1.807, 2.05) is 56.4 Å². The van der Waals surface area contributed by atoms with Gasteiger partial charge in [-0.25, -0.2) is 0 Å². The molecule has 0 saturated heterocycles. The van der Waals surface area contributed by atoms with Crippen molar-refractivity contribution >= 4 is 16.8 Å². The van der Waals surface area contributed by atoms with Crippen molar-refractivity contribution in [3.63, 3.8) is 0 Å². The number of benzene rings is 3. The van der Waals surface area contributed by atoms with Gasteiger partial charge in [0.15, 0.2) is 11.5 Å². The number of methoxy groups -OCH3 is 2. The Labute approximate surface area is 222 Å². The molecule has 0 unspecified atom stereocenters. The van der Waals surface area contributed by atoms with Gasteiger partial charge in [-0.1, -0.05) is 30.0 Å². The number of carbonyl (C=O) groups is 1. The number of para-hydroxylation sites is 1. The first-order chi connectivity index (χ1) is 18.4. The lowest BCUT2D eigenvalue weighted by molar-refractivity contribution is 0.0910. The molecule has 196 valence electrons. The third kappa shape index (κ3) is 6.28. The largest absolute Gasteiger partial charge is 0.493 e. The molecule has 1 aromatic heterocycles. The van der Waals surface area contributed by atoms with Crippen LogP contribution in [0.3, 0.4) is 0 Å². The lowest BCUT2D eigenvalue weighted by atomic mass is 10.0. The number of rotatable bonds is 9. The van der Waals surface area contributed by atoms with Crippen molar-refractivity contribution in [3.8, 4) is 29.1 Å². The number of nitrogens with one attached hydrogen (secondary N) is 2.